The molecule has 2 N–H and O–H groups in total. The first kappa shape index (κ1) is 11.4. The first-order valence-electron chi connectivity index (χ1n) is 5.85. The molecule has 0 unspecified atom stereocenters. The normalized spacial score (nSPS) is 10.6. The zero-order valence-corrected chi connectivity index (χ0v) is 10.4. The van der Waals surface area contributed by atoms with Crippen LogP contribution in [0.2, 0.25) is 0 Å². The Bertz CT molecular complexity index is 706. The van der Waals surface area contributed by atoms with Gasteiger partial charge >= 0.3 is 0 Å². The van der Waals surface area contributed by atoms with Gasteiger partial charge in [0.05, 0.1) is 5.56 Å². The van der Waals surface area contributed by atoms with Gasteiger partial charge in [-0.3, -0.25) is 4.98 Å². The SMILES string of the molecule is Cc1ccc(N)c(-c2nc(-c3ccccn3)no2)c1. The molecule has 3 rings (SSSR count). The highest BCUT2D eigenvalue weighted by Crippen LogP contribution is 2.26. The minimum Gasteiger partial charge on any atom is -0.398 e. The number of anilines is 1. The molecule has 5 heteroatoms. The predicted octanol–water partition coefficient (Wildman–Crippen LogP) is 2.69. The van der Waals surface area contributed by atoms with Gasteiger partial charge in [0.2, 0.25) is 5.82 Å². The van der Waals surface area contributed by atoms with E-state index < -0.39 is 0 Å². The van der Waals surface area contributed by atoms with Crippen LogP contribution in [0.25, 0.3) is 23.0 Å². The molecule has 0 aliphatic rings. The van der Waals surface area contributed by atoms with Crippen LogP contribution >= 0.6 is 0 Å². The Balaban J connectivity index is 2.04. The fraction of sp³-hybridized carbons (Fsp3) is 0.0714. The van der Waals surface area contributed by atoms with E-state index in [0.29, 0.717) is 23.1 Å². The molecule has 0 spiro atoms. The summed E-state index contributed by atoms with van der Waals surface area (Å²) in [6, 6.07) is 11.2. The Hall–Kier alpha value is -2.69. The Morgan fingerprint density at radius 2 is 2.05 bits per heavy atom. The quantitative estimate of drug-likeness (QED) is 0.709. The molecule has 3 aromatic rings. The molecule has 0 radical (unpaired) electrons. The maximum Gasteiger partial charge on any atom is 0.260 e. The van der Waals surface area contributed by atoms with Crippen molar-refractivity contribution in [1.29, 1.82) is 0 Å². The summed E-state index contributed by atoms with van der Waals surface area (Å²) >= 11 is 0. The third-order valence-corrected chi connectivity index (χ3v) is 2.76. The summed E-state index contributed by atoms with van der Waals surface area (Å²) in [7, 11) is 0. The molecule has 0 aliphatic heterocycles. The summed E-state index contributed by atoms with van der Waals surface area (Å²) < 4.78 is 5.26. The molecule has 1 aromatic carbocycles. The zero-order chi connectivity index (χ0) is 13.2. The van der Waals surface area contributed by atoms with Gasteiger partial charge in [-0.05, 0) is 31.2 Å². The van der Waals surface area contributed by atoms with Gasteiger partial charge in [0.15, 0.2) is 0 Å². The summed E-state index contributed by atoms with van der Waals surface area (Å²) in [5.74, 6) is 0.860. The monoisotopic (exact) mass is 252 g/mol. The Labute approximate surface area is 110 Å². The summed E-state index contributed by atoms with van der Waals surface area (Å²) in [6.45, 7) is 1.99. The fourth-order valence-corrected chi connectivity index (χ4v) is 1.79. The topological polar surface area (TPSA) is 77.8 Å². The van der Waals surface area contributed by atoms with Gasteiger partial charge in [0.25, 0.3) is 5.89 Å². The number of aryl methyl sites for hydroxylation is 1. The highest BCUT2D eigenvalue weighted by atomic mass is 16.5. The lowest BCUT2D eigenvalue weighted by molar-refractivity contribution is 0.432. The number of hydrogen-bond donors (Lipinski definition) is 1. The molecule has 0 amide bonds. The molecular formula is C14H12N4O. The molecule has 0 atom stereocenters. The maximum absolute atomic E-state index is 5.93. The first-order chi connectivity index (χ1) is 9.24. The third-order valence-electron chi connectivity index (χ3n) is 2.76. The number of aromatic nitrogens is 3. The van der Waals surface area contributed by atoms with Gasteiger partial charge in [-0.1, -0.05) is 22.9 Å². The standard InChI is InChI=1S/C14H12N4O/c1-9-5-6-11(15)10(8-9)14-17-13(18-19-14)12-4-2-3-7-16-12/h2-8H,15H2,1H3. The second-order valence-corrected chi connectivity index (χ2v) is 4.23. The van der Waals surface area contributed by atoms with E-state index in [0.717, 1.165) is 11.1 Å². The number of nitrogen functional groups attached to an aromatic ring is 1. The maximum atomic E-state index is 5.93. The van der Waals surface area contributed by atoms with E-state index in [2.05, 4.69) is 15.1 Å². The predicted molar refractivity (Wildman–Crippen MR) is 72.1 cm³/mol. The minimum absolute atomic E-state index is 0.404. The van der Waals surface area contributed by atoms with Crippen molar-refractivity contribution in [3.8, 4) is 23.0 Å². The lowest BCUT2D eigenvalue weighted by Gasteiger charge is -2.01. The largest absolute Gasteiger partial charge is 0.398 e. The van der Waals surface area contributed by atoms with Crippen LogP contribution in [0.3, 0.4) is 0 Å². The summed E-state index contributed by atoms with van der Waals surface area (Å²) in [6.07, 6.45) is 1.69. The summed E-state index contributed by atoms with van der Waals surface area (Å²) in [5, 5.41) is 3.93. The van der Waals surface area contributed by atoms with E-state index in [1.54, 1.807) is 6.20 Å². The molecule has 2 aromatic heterocycles. The third kappa shape index (κ3) is 2.18. The second kappa shape index (κ2) is 4.53. The highest BCUT2D eigenvalue weighted by molar-refractivity contribution is 5.71. The van der Waals surface area contributed by atoms with Crippen LogP contribution in [0.4, 0.5) is 5.69 Å². The molecule has 0 bridgehead atoms. The summed E-state index contributed by atoms with van der Waals surface area (Å²) in [4.78, 5) is 8.51. The van der Waals surface area contributed by atoms with Gasteiger partial charge < -0.3 is 10.3 Å². The van der Waals surface area contributed by atoms with Crippen molar-refractivity contribution in [3.63, 3.8) is 0 Å². The van der Waals surface area contributed by atoms with Crippen LogP contribution in [-0.2, 0) is 0 Å². The van der Waals surface area contributed by atoms with Crippen molar-refractivity contribution in [2.75, 3.05) is 5.73 Å². The van der Waals surface area contributed by atoms with Crippen molar-refractivity contribution in [3.05, 3.63) is 48.2 Å². The average Bonchev–Trinajstić information content (AvgIpc) is 2.92. The van der Waals surface area contributed by atoms with Gasteiger partial charge in [0.1, 0.15) is 5.69 Å². The number of nitrogens with two attached hydrogens (primary N) is 1. The van der Waals surface area contributed by atoms with Crippen molar-refractivity contribution in [2.24, 2.45) is 0 Å². The molecule has 0 fully saturated rings. The van der Waals surface area contributed by atoms with Crippen LogP contribution in [-0.4, -0.2) is 15.1 Å². The van der Waals surface area contributed by atoms with Crippen LogP contribution in [0.15, 0.2) is 47.1 Å². The molecule has 0 saturated carbocycles. The Morgan fingerprint density at radius 3 is 2.84 bits per heavy atom. The van der Waals surface area contributed by atoms with Crippen LogP contribution in [0.5, 0.6) is 0 Å². The van der Waals surface area contributed by atoms with Crippen molar-refractivity contribution in [1.82, 2.24) is 15.1 Å². The van der Waals surface area contributed by atoms with Crippen LogP contribution < -0.4 is 5.73 Å². The van der Waals surface area contributed by atoms with Crippen LogP contribution in [0, 0.1) is 6.92 Å². The van der Waals surface area contributed by atoms with Crippen molar-refractivity contribution in [2.45, 2.75) is 6.92 Å². The van der Waals surface area contributed by atoms with Gasteiger partial charge in [-0.25, -0.2) is 0 Å². The van der Waals surface area contributed by atoms with E-state index in [1.807, 2.05) is 43.3 Å². The van der Waals surface area contributed by atoms with Crippen molar-refractivity contribution >= 4 is 5.69 Å². The number of benzene rings is 1. The van der Waals surface area contributed by atoms with E-state index in [9.17, 15) is 0 Å². The van der Waals surface area contributed by atoms with E-state index in [-0.39, 0.29) is 0 Å². The smallest absolute Gasteiger partial charge is 0.260 e. The van der Waals surface area contributed by atoms with E-state index in [1.165, 1.54) is 0 Å². The molecule has 0 saturated heterocycles. The minimum atomic E-state index is 0.404. The zero-order valence-electron chi connectivity index (χ0n) is 10.4. The van der Waals surface area contributed by atoms with Gasteiger partial charge in [-0.2, -0.15) is 4.98 Å². The summed E-state index contributed by atoms with van der Waals surface area (Å²) in [5.41, 5.74) is 9.04. The van der Waals surface area contributed by atoms with Gasteiger partial charge in [-0.15, -0.1) is 0 Å². The molecule has 5 nitrogen and oxygen atoms in total. The lowest BCUT2D eigenvalue weighted by Crippen LogP contribution is -1.91. The molecule has 94 valence electrons. The average molecular weight is 252 g/mol. The lowest BCUT2D eigenvalue weighted by atomic mass is 10.1. The Kier molecular flexibility index (Phi) is 2.72. The number of hydrogen-bond acceptors (Lipinski definition) is 5. The second-order valence-electron chi connectivity index (χ2n) is 4.23. The van der Waals surface area contributed by atoms with Crippen molar-refractivity contribution < 1.29 is 4.52 Å². The first-order valence-corrected chi connectivity index (χ1v) is 5.85. The molecular weight excluding hydrogens is 240 g/mol. The molecule has 19 heavy (non-hydrogen) atoms. The van der Waals surface area contributed by atoms with Crippen LogP contribution in [0.1, 0.15) is 5.56 Å². The van der Waals surface area contributed by atoms with Gasteiger partial charge in [0, 0.05) is 11.9 Å². The number of nitrogens with zero attached hydrogens (tertiary/aromatic N) is 3. The van der Waals surface area contributed by atoms with E-state index >= 15 is 0 Å². The molecule has 2 heterocycles. The fourth-order valence-electron chi connectivity index (χ4n) is 1.79. The Morgan fingerprint density at radius 1 is 1.16 bits per heavy atom. The number of rotatable bonds is 2. The molecule has 0 aliphatic carbocycles. The number of pyridine rings is 1. The highest BCUT2D eigenvalue weighted by Gasteiger charge is 2.13. The van der Waals surface area contributed by atoms with E-state index in [4.69, 9.17) is 10.3 Å².